The number of aliphatic imine (C=N–C) groups is 4. The molecule has 2 aliphatic heterocycles. The van der Waals surface area contributed by atoms with E-state index in [9.17, 15) is 0 Å². The van der Waals surface area contributed by atoms with Gasteiger partial charge in [0.25, 0.3) is 0 Å². The second-order valence-electron chi connectivity index (χ2n) is 1.85. The average molecular weight is 155 g/mol. The first-order valence-electron chi connectivity index (χ1n) is 2.73. The van der Waals surface area contributed by atoms with Crippen LogP contribution < -0.4 is 0 Å². The van der Waals surface area contributed by atoms with Gasteiger partial charge in [-0.15, -0.1) is 0 Å². The van der Waals surface area contributed by atoms with Crippen LogP contribution in [-0.4, -0.2) is 29.7 Å². The molecule has 2 rings (SSSR count). The summed E-state index contributed by atoms with van der Waals surface area (Å²) >= 11 is 5.68. The molecule has 0 spiro atoms. The van der Waals surface area contributed by atoms with Gasteiger partial charge in [-0.3, -0.25) is 4.99 Å². The van der Waals surface area contributed by atoms with Crippen molar-refractivity contribution in [1.29, 1.82) is 0 Å². The minimum atomic E-state index is -0.230. The van der Waals surface area contributed by atoms with E-state index in [0.717, 1.165) is 0 Å². The Morgan fingerprint density at radius 3 is 3.00 bits per heavy atom. The van der Waals surface area contributed by atoms with Crippen LogP contribution in [0.4, 0.5) is 0 Å². The van der Waals surface area contributed by atoms with E-state index in [1.165, 1.54) is 12.7 Å². The summed E-state index contributed by atoms with van der Waals surface area (Å²) in [5, 5.41) is 0.433. The summed E-state index contributed by atoms with van der Waals surface area (Å²) in [6.07, 6.45) is 2.83. The molecular weight excluding hydrogens is 152 g/mol. The Labute approximate surface area is 62.1 Å². The van der Waals surface area contributed by atoms with Crippen molar-refractivity contribution >= 4 is 35.3 Å². The van der Waals surface area contributed by atoms with Crippen molar-refractivity contribution in [3.63, 3.8) is 0 Å². The van der Waals surface area contributed by atoms with Gasteiger partial charge in [-0.25, -0.2) is 15.0 Å². The van der Waals surface area contributed by atoms with E-state index in [-0.39, 0.29) is 6.04 Å². The SMILES string of the molecule is ClC1=NC=NC2=NC=NC12. The summed E-state index contributed by atoms with van der Waals surface area (Å²) in [5.74, 6) is 0.625. The molecule has 0 aliphatic carbocycles. The molecule has 4 nitrogen and oxygen atoms in total. The van der Waals surface area contributed by atoms with Crippen LogP contribution in [0, 0.1) is 0 Å². The maximum Gasteiger partial charge on any atom is 0.164 e. The van der Waals surface area contributed by atoms with E-state index in [0.29, 0.717) is 11.0 Å². The van der Waals surface area contributed by atoms with Gasteiger partial charge < -0.3 is 0 Å². The molecule has 0 bridgehead atoms. The van der Waals surface area contributed by atoms with E-state index in [2.05, 4.69) is 20.0 Å². The number of amidine groups is 1. The van der Waals surface area contributed by atoms with E-state index >= 15 is 0 Å². The molecule has 1 unspecified atom stereocenters. The molecule has 0 amide bonds. The van der Waals surface area contributed by atoms with Gasteiger partial charge in [-0.2, -0.15) is 0 Å². The van der Waals surface area contributed by atoms with Crippen LogP contribution in [0.15, 0.2) is 20.0 Å². The first kappa shape index (κ1) is 5.73. The van der Waals surface area contributed by atoms with E-state index in [1.807, 2.05) is 0 Å². The number of hydrogen-bond donors (Lipinski definition) is 0. The molecule has 0 saturated heterocycles. The predicted molar refractivity (Wildman–Crippen MR) is 41.5 cm³/mol. The third-order valence-electron chi connectivity index (χ3n) is 1.25. The highest BCUT2D eigenvalue weighted by atomic mass is 35.5. The molecule has 1 atom stereocenters. The molecule has 0 saturated carbocycles. The summed E-state index contributed by atoms with van der Waals surface area (Å²) in [5.41, 5.74) is 0. The molecule has 5 heteroatoms. The zero-order valence-corrected chi connectivity index (χ0v) is 5.65. The lowest BCUT2D eigenvalue weighted by Crippen LogP contribution is -2.23. The van der Waals surface area contributed by atoms with Crippen LogP contribution in [0.1, 0.15) is 0 Å². The van der Waals surface area contributed by atoms with Crippen molar-refractivity contribution in [3.05, 3.63) is 0 Å². The molecule has 0 fully saturated rings. The smallest absolute Gasteiger partial charge is 0.164 e. The highest BCUT2D eigenvalue weighted by Gasteiger charge is 2.23. The predicted octanol–water partition coefficient (Wildman–Crippen LogP) is 0.475. The van der Waals surface area contributed by atoms with Crippen LogP contribution in [-0.2, 0) is 0 Å². The van der Waals surface area contributed by atoms with Crippen LogP contribution in [0.2, 0.25) is 0 Å². The van der Waals surface area contributed by atoms with Gasteiger partial charge in [0.2, 0.25) is 0 Å². The maximum absolute atomic E-state index is 5.68. The molecule has 0 aromatic carbocycles. The molecule has 10 heavy (non-hydrogen) atoms. The van der Waals surface area contributed by atoms with Crippen molar-refractivity contribution in [3.8, 4) is 0 Å². The van der Waals surface area contributed by atoms with Crippen LogP contribution in [0.25, 0.3) is 0 Å². The lowest BCUT2D eigenvalue weighted by molar-refractivity contribution is 1.16. The summed E-state index contributed by atoms with van der Waals surface area (Å²) in [4.78, 5) is 15.4. The molecule has 0 aromatic rings. The summed E-state index contributed by atoms with van der Waals surface area (Å²) in [7, 11) is 0. The zero-order chi connectivity index (χ0) is 6.97. The Kier molecular flexibility index (Phi) is 1.14. The van der Waals surface area contributed by atoms with Crippen molar-refractivity contribution in [2.45, 2.75) is 6.04 Å². The fraction of sp³-hybridized carbons (Fsp3) is 0.200. The van der Waals surface area contributed by atoms with E-state index in [1.54, 1.807) is 0 Å². The molecule has 0 N–H and O–H groups in total. The second-order valence-corrected chi connectivity index (χ2v) is 2.24. The minimum Gasteiger partial charge on any atom is -0.255 e. The van der Waals surface area contributed by atoms with Gasteiger partial charge in [0.05, 0.1) is 0 Å². The summed E-state index contributed by atoms with van der Waals surface area (Å²) in [6, 6.07) is -0.230. The lowest BCUT2D eigenvalue weighted by Gasteiger charge is -2.06. The first-order chi connectivity index (χ1) is 4.88. The minimum absolute atomic E-state index is 0.230. The fourth-order valence-electron chi connectivity index (χ4n) is 0.782. The maximum atomic E-state index is 5.68. The van der Waals surface area contributed by atoms with Crippen molar-refractivity contribution in [2.24, 2.45) is 20.0 Å². The Balaban J connectivity index is 2.43. The zero-order valence-electron chi connectivity index (χ0n) is 4.90. The van der Waals surface area contributed by atoms with E-state index in [4.69, 9.17) is 11.6 Å². The van der Waals surface area contributed by atoms with Gasteiger partial charge in [0, 0.05) is 0 Å². The van der Waals surface area contributed by atoms with Crippen LogP contribution in [0.3, 0.4) is 0 Å². The fourth-order valence-corrected chi connectivity index (χ4v) is 0.980. The van der Waals surface area contributed by atoms with Gasteiger partial charge >= 0.3 is 0 Å². The number of halogens is 1. The highest BCUT2D eigenvalue weighted by molar-refractivity contribution is 6.69. The van der Waals surface area contributed by atoms with Crippen LogP contribution in [0.5, 0.6) is 0 Å². The summed E-state index contributed by atoms with van der Waals surface area (Å²) in [6.45, 7) is 0. The van der Waals surface area contributed by atoms with Crippen LogP contribution >= 0.6 is 11.6 Å². The summed E-state index contributed by atoms with van der Waals surface area (Å²) < 4.78 is 0. The number of hydrogen-bond acceptors (Lipinski definition) is 4. The van der Waals surface area contributed by atoms with Crippen molar-refractivity contribution in [1.82, 2.24) is 0 Å². The molecule has 2 aliphatic rings. The third-order valence-corrected chi connectivity index (χ3v) is 1.55. The first-order valence-corrected chi connectivity index (χ1v) is 3.11. The van der Waals surface area contributed by atoms with E-state index < -0.39 is 0 Å². The molecule has 0 radical (unpaired) electrons. The second kappa shape index (κ2) is 1.98. The third kappa shape index (κ3) is 0.690. The molecule has 50 valence electrons. The number of rotatable bonds is 0. The standard InChI is InChI=1S/C5H3ClN4/c6-4-3-5(9-1-7-3)10-2-8-4/h1-3H. The van der Waals surface area contributed by atoms with Gasteiger partial charge in [-0.1, -0.05) is 11.6 Å². The van der Waals surface area contributed by atoms with Crippen molar-refractivity contribution < 1.29 is 0 Å². The Bertz CT molecular complexity index is 275. The molecular formula is C5H3ClN4. The Morgan fingerprint density at radius 2 is 2.20 bits per heavy atom. The highest BCUT2D eigenvalue weighted by Crippen LogP contribution is 2.10. The average Bonchev–Trinajstić information content (AvgIpc) is 2.36. The lowest BCUT2D eigenvalue weighted by atomic mass is 10.3. The number of nitrogens with zero attached hydrogens (tertiary/aromatic N) is 4. The van der Waals surface area contributed by atoms with Crippen molar-refractivity contribution in [2.75, 3.05) is 0 Å². The number of fused-ring (bicyclic) bond motifs is 1. The Morgan fingerprint density at radius 1 is 1.30 bits per heavy atom. The largest absolute Gasteiger partial charge is 0.255 e. The Hall–Kier alpha value is -1.03. The monoisotopic (exact) mass is 154 g/mol. The quantitative estimate of drug-likeness (QED) is 0.487. The van der Waals surface area contributed by atoms with Gasteiger partial charge in [0.15, 0.2) is 11.9 Å². The molecule has 2 heterocycles. The van der Waals surface area contributed by atoms with Gasteiger partial charge in [-0.05, 0) is 0 Å². The normalized spacial score (nSPS) is 27.9. The topological polar surface area (TPSA) is 49.4 Å². The molecule has 0 aromatic heterocycles. The van der Waals surface area contributed by atoms with Gasteiger partial charge in [0.1, 0.15) is 17.8 Å².